The van der Waals surface area contributed by atoms with Crippen LogP contribution in [0, 0.1) is 0 Å². The highest BCUT2D eigenvalue weighted by Gasteiger charge is 2.30. The number of hydrogen-bond acceptors (Lipinski definition) is 3. The fourth-order valence-electron chi connectivity index (χ4n) is 3.16. The van der Waals surface area contributed by atoms with Crippen LogP contribution in [0.15, 0.2) is 54.7 Å². The van der Waals surface area contributed by atoms with Crippen LogP contribution in [0.4, 0.5) is 5.82 Å². The molecular formula is C19H16ClN3O2. The molecule has 0 aliphatic carbocycles. The molecule has 2 heterocycles. The van der Waals surface area contributed by atoms with E-state index in [4.69, 9.17) is 16.3 Å². The van der Waals surface area contributed by atoms with Crippen molar-refractivity contribution < 1.29 is 9.53 Å². The summed E-state index contributed by atoms with van der Waals surface area (Å²) < 4.78 is 6.93. The SMILES string of the molecule is COc1ccc([C@@H]2CC(=O)Nc3c2cnn3-c2cccc(Cl)c2)cc1. The van der Waals surface area contributed by atoms with Gasteiger partial charge in [-0.15, -0.1) is 0 Å². The highest BCUT2D eigenvalue weighted by Crippen LogP contribution is 2.38. The van der Waals surface area contributed by atoms with E-state index in [9.17, 15) is 4.79 Å². The summed E-state index contributed by atoms with van der Waals surface area (Å²) in [7, 11) is 1.64. The van der Waals surface area contributed by atoms with Gasteiger partial charge in [0.25, 0.3) is 0 Å². The van der Waals surface area contributed by atoms with Crippen molar-refractivity contribution in [1.82, 2.24) is 9.78 Å². The molecule has 1 N–H and O–H groups in total. The third-order valence-corrected chi connectivity index (χ3v) is 4.63. The molecular weight excluding hydrogens is 338 g/mol. The highest BCUT2D eigenvalue weighted by molar-refractivity contribution is 6.30. The van der Waals surface area contributed by atoms with E-state index in [1.54, 1.807) is 17.9 Å². The first kappa shape index (κ1) is 15.7. The van der Waals surface area contributed by atoms with Gasteiger partial charge in [-0.25, -0.2) is 4.68 Å². The van der Waals surface area contributed by atoms with E-state index in [0.717, 1.165) is 22.6 Å². The summed E-state index contributed by atoms with van der Waals surface area (Å²) in [6.07, 6.45) is 2.20. The van der Waals surface area contributed by atoms with E-state index >= 15 is 0 Å². The van der Waals surface area contributed by atoms with Crippen LogP contribution < -0.4 is 10.1 Å². The van der Waals surface area contributed by atoms with E-state index < -0.39 is 0 Å². The lowest BCUT2D eigenvalue weighted by Gasteiger charge is -2.24. The number of benzene rings is 2. The summed E-state index contributed by atoms with van der Waals surface area (Å²) in [4.78, 5) is 12.3. The highest BCUT2D eigenvalue weighted by atomic mass is 35.5. The maximum absolute atomic E-state index is 12.3. The van der Waals surface area contributed by atoms with Gasteiger partial charge in [-0.2, -0.15) is 5.10 Å². The van der Waals surface area contributed by atoms with Crippen LogP contribution in [-0.4, -0.2) is 22.8 Å². The van der Waals surface area contributed by atoms with Crippen molar-refractivity contribution in [2.45, 2.75) is 12.3 Å². The Labute approximate surface area is 150 Å². The van der Waals surface area contributed by atoms with Gasteiger partial charge in [0.1, 0.15) is 11.6 Å². The van der Waals surface area contributed by atoms with Gasteiger partial charge in [0.15, 0.2) is 0 Å². The smallest absolute Gasteiger partial charge is 0.226 e. The zero-order valence-corrected chi connectivity index (χ0v) is 14.3. The number of fused-ring (bicyclic) bond motifs is 1. The van der Waals surface area contributed by atoms with Gasteiger partial charge in [-0.1, -0.05) is 29.8 Å². The van der Waals surface area contributed by atoms with E-state index in [2.05, 4.69) is 10.4 Å². The summed E-state index contributed by atoms with van der Waals surface area (Å²) in [6.45, 7) is 0. The van der Waals surface area contributed by atoms with Crippen molar-refractivity contribution in [3.05, 3.63) is 70.9 Å². The second-order valence-corrected chi connectivity index (χ2v) is 6.35. The van der Waals surface area contributed by atoms with Gasteiger partial charge >= 0.3 is 0 Å². The van der Waals surface area contributed by atoms with Crippen molar-refractivity contribution in [1.29, 1.82) is 0 Å². The Kier molecular flexibility index (Phi) is 3.93. The number of nitrogens with zero attached hydrogens (tertiary/aromatic N) is 2. The number of carbonyl (C=O) groups excluding carboxylic acids is 1. The maximum atomic E-state index is 12.3. The number of carbonyl (C=O) groups is 1. The van der Waals surface area contributed by atoms with Crippen LogP contribution >= 0.6 is 11.6 Å². The summed E-state index contributed by atoms with van der Waals surface area (Å²) in [6, 6.07) is 15.2. The molecule has 3 aromatic rings. The Hall–Kier alpha value is -2.79. The Morgan fingerprint density at radius 3 is 2.76 bits per heavy atom. The molecule has 0 unspecified atom stereocenters. The van der Waals surface area contributed by atoms with E-state index in [0.29, 0.717) is 17.3 Å². The third-order valence-electron chi connectivity index (χ3n) is 4.39. The average molecular weight is 354 g/mol. The number of aromatic nitrogens is 2. The van der Waals surface area contributed by atoms with Crippen LogP contribution in [-0.2, 0) is 4.79 Å². The molecule has 1 aromatic heterocycles. The Balaban J connectivity index is 1.78. The van der Waals surface area contributed by atoms with Crippen LogP contribution in [0.1, 0.15) is 23.5 Å². The molecule has 0 fully saturated rings. The molecule has 1 aliphatic heterocycles. The predicted molar refractivity (Wildman–Crippen MR) is 96.7 cm³/mol. The van der Waals surface area contributed by atoms with Gasteiger partial charge in [-0.05, 0) is 35.9 Å². The van der Waals surface area contributed by atoms with Crippen molar-refractivity contribution >= 4 is 23.3 Å². The number of rotatable bonds is 3. The van der Waals surface area contributed by atoms with Crippen LogP contribution in [0.3, 0.4) is 0 Å². The molecule has 5 nitrogen and oxygen atoms in total. The number of methoxy groups -OCH3 is 1. The monoisotopic (exact) mass is 353 g/mol. The first-order chi connectivity index (χ1) is 12.2. The van der Waals surface area contributed by atoms with E-state index in [1.165, 1.54) is 0 Å². The molecule has 4 rings (SSSR count). The maximum Gasteiger partial charge on any atom is 0.226 e. The van der Waals surface area contributed by atoms with E-state index in [1.807, 2.05) is 48.7 Å². The number of hydrogen-bond donors (Lipinski definition) is 1. The minimum atomic E-state index is -0.0393. The lowest BCUT2D eigenvalue weighted by atomic mass is 9.87. The minimum absolute atomic E-state index is 0.0305. The van der Waals surface area contributed by atoms with Crippen molar-refractivity contribution in [3.8, 4) is 11.4 Å². The van der Waals surface area contributed by atoms with Gasteiger partial charge in [0.2, 0.25) is 5.91 Å². The third kappa shape index (κ3) is 2.87. The predicted octanol–water partition coefficient (Wildman–Crippen LogP) is 4.01. The fraction of sp³-hybridized carbons (Fsp3) is 0.158. The van der Waals surface area contributed by atoms with Crippen LogP contribution in [0.5, 0.6) is 5.75 Å². The van der Waals surface area contributed by atoms with E-state index in [-0.39, 0.29) is 11.8 Å². The first-order valence-corrected chi connectivity index (χ1v) is 8.31. The molecule has 0 radical (unpaired) electrons. The van der Waals surface area contributed by atoms with Gasteiger partial charge in [-0.3, -0.25) is 4.79 Å². The molecule has 0 saturated heterocycles. The van der Waals surface area contributed by atoms with Crippen molar-refractivity contribution in [3.63, 3.8) is 0 Å². The molecule has 0 bridgehead atoms. The largest absolute Gasteiger partial charge is 0.497 e. The standard InChI is InChI=1S/C19H16ClN3O2/c1-25-15-7-5-12(6-8-15)16-10-18(24)22-19-17(16)11-21-23(19)14-4-2-3-13(20)9-14/h2-9,11,16H,10H2,1H3,(H,22,24)/t16-/m0/s1. The van der Waals surface area contributed by atoms with Crippen LogP contribution in [0.25, 0.3) is 5.69 Å². The molecule has 25 heavy (non-hydrogen) atoms. The zero-order valence-electron chi connectivity index (χ0n) is 13.6. The van der Waals surface area contributed by atoms with Crippen LogP contribution in [0.2, 0.25) is 5.02 Å². The van der Waals surface area contributed by atoms with Crippen molar-refractivity contribution in [2.75, 3.05) is 12.4 Å². The molecule has 0 saturated carbocycles. The zero-order chi connectivity index (χ0) is 17.4. The molecule has 1 atom stereocenters. The Bertz CT molecular complexity index is 934. The summed E-state index contributed by atoms with van der Waals surface area (Å²) >= 11 is 6.09. The summed E-state index contributed by atoms with van der Waals surface area (Å²) in [5.41, 5.74) is 2.86. The number of anilines is 1. The van der Waals surface area contributed by atoms with Gasteiger partial charge < -0.3 is 10.1 Å². The van der Waals surface area contributed by atoms with Gasteiger partial charge in [0, 0.05) is 22.9 Å². The molecule has 1 aliphatic rings. The summed E-state index contributed by atoms with van der Waals surface area (Å²) in [5.74, 6) is 1.41. The number of halogens is 1. The lowest BCUT2D eigenvalue weighted by Crippen LogP contribution is -2.24. The number of nitrogens with one attached hydrogen (secondary N) is 1. The molecule has 126 valence electrons. The number of amides is 1. The molecule has 2 aromatic carbocycles. The van der Waals surface area contributed by atoms with Gasteiger partial charge in [0.05, 0.1) is 19.0 Å². The Morgan fingerprint density at radius 2 is 2.04 bits per heavy atom. The summed E-state index contributed by atoms with van der Waals surface area (Å²) in [5, 5.41) is 8.04. The second kappa shape index (κ2) is 6.26. The fourth-order valence-corrected chi connectivity index (χ4v) is 3.34. The average Bonchev–Trinajstić information content (AvgIpc) is 3.05. The second-order valence-electron chi connectivity index (χ2n) is 5.92. The first-order valence-electron chi connectivity index (χ1n) is 7.93. The molecule has 0 spiro atoms. The molecule has 6 heteroatoms. The topological polar surface area (TPSA) is 56.1 Å². The van der Waals surface area contributed by atoms with Crippen molar-refractivity contribution in [2.24, 2.45) is 0 Å². The normalized spacial score (nSPS) is 16.2. The lowest BCUT2D eigenvalue weighted by molar-refractivity contribution is -0.116. The molecule has 1 amide bonds. The Morgan fingerprint density at radius 1 is 1.24 bits per heavy atom. The minimum Gasteiger partial charge on any atom is -0.497 e. The number of ether oxygens (including phenoxy) is 1. The quantitative estimate of drug-likeness (QED) is 0.774.